The van der Waals surface area contributed by atoms with Crippen LogP contribution < -0.4 is 5.32 Å². The van der Waals surface area contributed by atoms with Crippen LogP contribution >= 0.6 is 0 Å². The second-order valence-electron chi connectivity index (χ2n) is 4.93. The normalized spacial score (nSPS) is 15.0. The second kappa shape index (κ2) is 6.20. The molecule has 0 aliphatic carbocycles. The molecular weight excluding hydrogens is 303 g/mol. The van der Waals surface area contributed by atoms with Gasteiger partial charge in [-0.2, -0.15) is 13.2 Å². The van der Waals surface area contributed by atoms with Crippen LogP contribution in [0.5, 0.6) is 0 Å². The number of benzene rings is 1. The molecule has 120 valence electrons. The molecule has 0 aromatic heterocycles. The summed E-state index contributed by atoms with van der Waals surface area (Å²) in [7, 11) is 0. The number of carbonyl (C=O) groups excluding carboxylic acids is 1. The predicted molar refractivity (Wildman–Crippen MR) is 72.4 cm³/mol. The van der Waals surface area contributed by atoms with E-state index >= 15 is 0 Å². The van der Waals surface area contributed by atoms with Gasteiger partial charge in [0.2, 0.25) is 5.91 Å². The van der Waals surface area contributed by atoms with Crippen LogP contribution in [0.2, 0.25) is 0 Å². The smallest absolute Gasteiger partial charge is 0.376 e. The summed E-state index contributed by atoms with van der Waals surface area (Å²) in [5.74, 6) is -0.288. The van der Waals surface area contributed by atoms with Crippen molar-refractivity contribution in [2.24, 2.45) is 0 Å². The number of nitrogens with zero attached hydrogens (tertiary/aromatic N) is 2. The molecule has 0 spiro atoms. The largest absolute Gasteiger partial charge is 0.418 e. The lowest BCUT2D eigenvalue weighted by Gasteiger charge is -2.18. The van der Waals surface area contributed by atoms with Crippen LogP contribution in [0, 0.1) is 10.1 Å². The van der Waals surface area contributed by atoms with Gasteiger partial charge in [0, 0.05) is 30.9 Å². The Balaban J connectivity index is 2.15. The number of rotatable bonds is 4. The fourth-order valence-corrected chi connectivity index (χ4v) is 2.28. The van der Waals surface area contributed by atoms with E-state index in [-0.39, 0.29) is 18.1 Å². The van der Waals surface area contributed by atoms with Crippen molar-refractivity contribution in [1.82, 2.24) is 4.90 Å². The van der Waals surface area contributed by atoms with E-state index in [4.69, 9.17) is 0 Å². The highest BCUT2D eigenvalue weighted by Gasteiger charge is 2.35. The lowest BCUT2D eigenvalue weighted by molar-refractivity contribution is -0.385. The summed E-state index contributed by atoms with van der Waals surface area (Å²) in [6, 6.07) is 2.40. The highest BCUT2D eigenvalue weighted by atomic mass is 19.4. The number of hydrogen-bond acceptors (Lipinski definition) is 4. The molecule has 0 saturated carbocycles. The van der Waals surface area contributed by atoms with Gasteiger partial charge >= 0.3 is 6.18 Å². The molecule has 0 radical (unpaired) electrons. The van der Waals surface area contributed by atoms with Gasteiger partial charge < -0.3 is 10.2 Å². The van der Waals surface area contributed by atoms with Crippen molar-refractivity contribution in [3.05, 3.63) is 33.9 Å². The molecule has 0 unspecified atom stereocenters. The molecule has 2 rings (SSSR count). The Morgan fingerprint density at radius 1 is 1.32 bits per heavy atom. The molecule has 0 bridgehead atoms. The van der Waals surface area contributed by atoms with Gasteiger partial charge in [0.05, 0.1) is 17.0 Å². The first kappa shape index (κ1) is 16.1. The van der Waals surface area contributed by atoms with Crippen molar-refractivity contribution in [3.63, 3.8) is 0 Å². The van der Waals surface area contributed by atoms with Crippen LogP contribution in [0.3, 0.4) is 0 Å². The van der Waals surface area contributed by atoms with Gasteiger partial charge in [-0.1, -0.05) is 0 Å². The number of nitro benzene ring substituents is 1. The van der Waals surface area contributed by atoms with E-state index < -0.39 is 22.4 Å². The fourth-order valence-electron chi connectivity index (χ4n) is 2.28. The van der Waals surface area contributed by atoms with E-state index in [0.717, 1.165) is 25.0 Å². The first-order valence-electron chi connectivity index (χ1n) is 6.66. The average molecular weight is 317 g/mol. The third-order valence-corrected chi connectivity index (χ3v) is 3.41. The van der Waals surface area contributed by atoms with Gasteiger partial charge in [-0.25, -0.2) is 0 Å². The van der Waals surface area contributed by atoms with E-state index in [9.17, 15) is 28.1 Å². The minimum atomic E-state index is -4.74. The van der Waals surface area contributed by atoms with E-state index in [2.05, 4.69) is 5.32 Å². The van der Waals surface area contributed by atoms with Gasteiger partial charge in [-0.3, -0.25) is 14.9 Å². The summed E-state index contributed by atoms with van der Waals surface area (Å²) in [6.45, 7) is 0.931. The summed E-state index contributed by atoms with van der Waals surface area (Å²) in [5, 5.41) is 13.0. The van der Waals surface area contributed by atoms with E-state index in [1.165, 1.54) is 0 Å². The van der Waals surface area contributed by atoms with Crippen LogP contribution in [0.15, 0.2) is 18.2 Å². The Morgan fingerprint density at radius 2 is 1.95 bits per heavy atom. The Kier molecular flexibility index (Phi) is 4.53. The SMILES string of the molecule is O=C(CNc1ccc([N+](=O)[O-])cc1C(F)(F)F)N1CCCC1. The van der Waals surface area contributed by atoms with Crippen molar-refractivity contribution in [2.45, 2.75) is 19.0 Å². The molecule has 1 saturated heterocycles. The molecule has 1 amide bonds. The number of amides is 1. The Bertz CT molecular complexity index is 584. The lowest BCUT2D eigenvalue weighted by atomic mass is 10.1. The van der Waals surface area contributed by atoms with Gasteiger partial charge in [0.1, 0.15) is 0 Å². The number of hydrogen-bond donors (Lipinski definition) is 1. The maximum absolute atomic E-state index is 13.0. The number of nitro groups is 1. The summed E-state index contributed by atoms with van der Waals surface area (Å²) in [6.07, 6.45) is -2.97. The summed E-state index contributed by atoms with van der Waals surface area (Å²) < 4.78 is 38.9. The number of halogens is 3. The van der Waals surface area contributed by atoms with Crippen molar-refractivity contribution in [3.8, 4) is 0 Å². The minimum absolute atomic E-state index is 0.277. The maximum Gasteiger partial charge on any atom is 0.418 e. The van der Waals surface area contributed by atoms with Crippen LogP contribution in [-0.4, -0.2) is 35.4 Å². The molecule has 1 aromatic carbocycles. The van der Waals surface area contributed by atoms with Gasteiger partial charge in [-0.15, -0.1) is 0 Å². The predicted octanol–water partition coefficient (Wildman–Crippen LogP) is 2.65. The van der Waals surface area contributed by atoms with Gasteiger partial charge in [-0.05, 0) is 18.9 Å². The van der Waals surface area contributed by atoms with Gasteiger partial charge in [0.25, 0.3) is 5.69 Å². The first-order chi connectivity index (χ1) is 10.3. The third kappa shape index (κ3) is 3.66. The van der Waals surface area contributed by atoms with Crippen molar-refractivity contribution in [1.29, 1.82) is 0 Å². The number of carbonyl (C=O) groups is 1. The Morgan fingerprint density at radius 3 is 2.50 bits per heavy atom. The molecule has 1 aliphatic heterocycles. The lowest BCUT2D eigenvalue weighted by Crippen LogP contribution is -2.33. The molecule has 1 aromatic rings. The molecule has 0 atom stereocenters. The average Bonchev–Trinajstić information content (AvgIpc) is 2.97. The third-order valence-electron chi connectivity index (χ3n) is 3.41. The highest BCUT2D eigenvalue weighted by Crippen LogP contribution is 2.37. The zero-order valence-electron chi connectivity index (χ0n) is 11.5. The Hall–Kier alpha value is -2.32. The van der Waals surface area contributed by atoms with Crippen LogP contribution in [-0.2, 0) is 11.0 Å². The molecule has 6 nitrogen and oxygen atoms in total. The molecule has 1 N–H and O–H groups in total. The summed E-state index contributed by atoms with van der Waals surface area (Å²) in [5.41, 5.74) is -2.15. The van der Waals surface area contributed by atoms with Crippen LogP contribution in [0.25, 0.3) is 0 Å². The maximum atomic E-state index is 13.0. The number of anilines is 1. The molecule has 1 fully saturated rings. The highest BCUT2D eigenvalue weighted by molar-refractivity contribution is 5.81. The van der Waals surface area contributed by atoms with E-state index in [1.54, 1.807) is 4.90 Å². The summed E-state index contributed by atoms with van der Waals surface area (Å²) >= 11 is 0. The number of likely N-dealkylation sites (tertiary alicyclic amines) is 1. The Labute approximate surface area is 124 Å². The molecule has 1 aliphatic rings. The quantitative estimate of drug-likeness (QED) is 0.684. The first-order valence-corrected chi connectivity index (χ1v) is 6.66. The van der Waals surface area contributed by atoms with Crippen LogP contribution in [0.4, 0.5) is 24.5 Å². The number of nitrogens with one attached hydrogen (secondary N) is 1. The topological polar surface area (TPSA) is 75.5 Å². The number of alkyl halides is 3. The number of non-ortho nitro benzene ring substituents is 1. The van der Waals surface area contributed by atoms with Gasteiger partial charge in [0.15, 0.2) is 0 Å². The van der Waals surface area contributed by atoms with E-state index in [1.807, 2.05) is 0 Å². The van der Waals surface area contributed by atoms with Crippen molar-refractivity contribution in [2.75, 3.05) is 25.0 Å². The fraction of sp³-hybridized carbons (Fsp3) is 0.462. The monoisotopic (exact) mass is 317 g/mol. The molecule has 22 heavy (non-hydrogen) atoms. The van der Waals surface area contributed by atoms with Crippen LogP contribution in [0.1, 0.15) is 18.4 Å². The zero-order valence-corrected chi connectivity index (χ0v) is 11.5. The second-order valence-corrected chi connectivity index (χ2v) is 4.93. The molecule has 1 heterocycles. The van der Waals surface area contributed by atoms with Crippen molar-refractivity contribution < 1.29 is 22.9 Å². The standard InChI is InChI=1S/C13H14F3N3O3/c14-13(15,16)10-7-9(19(21)22)3-4-11(10)17-8-12(20)18-5-1-2-6-18/h3-4,7,17H,1-2,5-6,8H2. The summed E-state index contributed by atoms with van der Waals surface area (Å²) in [4.78, 5) is 23.1. The van der Waals surface area contributed by atoms with E-state index in [0.29, 0.717) is 19.2 Å². The zero-order chi connectivity index (χ0) is 16.3. The molecule has 9 heteroatoms. The minimum Gasteiger partial charge on any atom is -0.376 e. The molecular formula is C13H14F3N3O3. The van der Waals surface area contributed by atoms with Crippen molar-refractivity contribution >= 4 is 17.3 Å².